The van der Waals surface area contributed by atoms with Crippen molar-refractivity contribution in [2.24, 2.45) is 0 Å². The number of aromatic nitrogens is 1. The fraction of sp³-hybridized carbons (Fsp3) is 0.438. The molecule has 20 heavy (non-hydrogen) atoms. The maximum Gasteiger partial charge on any atom is 0.180 e. The van der Waals surface area contributed by atoms with Gasteiger partial charge in [-0.15, -0.1) is 11.3 Å². The molecule has 3 nitrogen and oxygen atoms in total. The number of aryl methyl sites for hydroxylation is 1. The fourth-order valence-corrected chi connectivity index (χ4v) is 3.71. The Balaban J connectivity index is 1.55. The van der Waals surface area contributed by atoms with Crippen molar-refractivity contribution in [3.63, 3.8) is 0 Å². The minimum atomic E-state index is 0.681. The zero-order valence-electron chi connectivity index (χ0n) is 11.7. The number of hydrogen-bond donors (Lipinski definition) is 1. The van der Waals surface area contributed by atoms with Crippen LogP contribution in [0.25, 0.3) is 0 Å². The summed E-state index contributed by atoms with van der Waals surface area (Å²) in [5.74, 6) is 0. The predicted octanol–water partition coefficient (Wildman–Crippen LogP) is 3.32. The lowest BCUT2D eigenvalue weighted by molar-refractivity contribution is 0.236. The summed E-state index contributed by atoms with van der Waals surface area (Å²) in [5, 5.41) is 0.681. The van der Waals surface area contributed by atoms with E-state index in [4.69, 9.17) is 5.73 Å². The highest BCUT2D eigenvalue weighted by molar-refractivity contribution is 7.15. The molecule has 1 aliphatic rings. The average Bonchev–Trinajstić information content (AvgIpc) is 3.07. The molecule has 1 fully saturated rings. The van der Waals surface area contributed by atoms with Gasteiger partial charge in [0.05, 0.1) is 0 Å². The minimum Gasteiger partial charge on any atom is -0.375 e. The summed E-state index contributed by atoms with van der Waals surface area (Å²) in [7, 11) is 0. The van der Waals surface area contributed by atoms with Crippen LogP contribution in [0.4, 0.5) is 5.13 Å². The van der Waals surface area contributed by atoms with E-state index in [1.165, 1.54) is 42.7 Å². The molecule has 1 aromatic carbocycles. The Hall–Kier alpha value is -1.39. The number of rotatable bonds is 5. The van der Waals surface area contributed by atoms with Gasteiger partial charge in [-0.2, -0.15) is 0 Å². The van der Waals surface area contributed by atoms with Gasteiger partial charge < -0.3 is 5.73 Å². The van der Waals surface area contributed by atoms with Gasteiger partial charge in [0.15, 0.2) is 5.13 Å². The lowest BCUT2D eigenvalue weighted by atomic mass is 10.0. The molecule has 2 heterocycles. The van der Waals surface area contributed by atoms with Gasteiger partial charge in [0.25, 0.3) is 0 Å². The van der Waals surface area contributed by atoms with E-state index >= 15 is 0 Å². The lowest BCUT2D eigenvalue weighted by Crippen LogP contribution is -2.29. The zero-order valence-corrected chi connectivity index (χ0v) is 12.5. The van der Waals surface area contributed by atoms with Gasteiger partial charge in [0.2, 0.25) is 0 Å². The number of hydrogen-bond acceptors (Lipinski definition) is 4. The molecule has 1 atom stereocenters. The normalized spacial score (nSPS) is 19.5. The smallest absolute Gasteiger partial charge is 0.180 e. The van der Waals surface area contributed by atoms with Gasteiger partial charge in [-0.25, -0.2) is 4.98 Å². The van der Waals surface area contributed by atoms with E-state index in [9.17, 15) is 0 Å². The van der Waals surface area contributed by atoms with Crippen molar-refractivity contribution in [3.05, 3.63) is 47.0 Å². The Morgan fingerprint density at radius 2 is 2.15 bits per heavy atom. The van der Waals surface area contributed by atoms with Crippen LogP contribution >= 0.6 is 11.3 Å². The summed E-state index contributed by atoms with van der Waals surface area (Å²) in [6, 6.07) is 11.5. The van der Waals surface area contributed by atoms with Crippen LogP contribution in [-0.2, 0) is 13.0 Å². The van der Waals surface area contributed by atoms with Gasteiger partial charge in [-0.1, -0.05) is 30.3 Å². The Labute approximate surface area is 124 Å². The summed E-state index contributed by atoms with van der Waals surface area (Å²) in [4.78, 5) is 8.03. The molecular formula is C16H21N3S. The van der Waals surface area contributed by atoms with Crippen molar-refractivity contribution in [3.8, 4) is 0 Å². The monoisotopic (exact) mass is 287 g/mol. The molecule has 4 heteroatoms. The Kier molecular flexibility index (Phi) is 4.33. The van der Waals surface area contributed by atoms with Crippen LogP contribution in [-0.4, -0.2) is 22.5 Å². The summed E-state index contributed by atoms with van der Waals surface area (Å²) >= 11 is 1.62. The Bertz CT molecular complexity index is 538. The second-order valence-electron chi connectivity index (χ2n) is 5.46. The number of benzene rings is 1. The molecule has 0 saturated carbocycles. The zero-order chi connectivity index (χ0) is 13.8. The van der Waals surface area contributed by atoms with E-state index in [-0.39, 0.29) is 0 Å². The van der Waals surface area contributed by atoms with E-state index in [1.807, 2.05) is 6.20 Å². The van der Waals surface area contributed by atoms with Crippen molar-refractivity contribution in [2.75, 3.05) is 12.3 Å². The first-order chi connectivity index (χ1) is 9.81. The molecule has 1 unspecified atom stereocenters. The molecule has 0 aliphatic carbocycles. The minimum absolute atomic E-state index is 0.681. The molecule has 1 saturated heterocycles. The summed E-state index contributed by atoms with van der Waals surface area (Å²) in [6.07, 6.45) is 6.98. The largest absolute Gasteiger partial charge is 0.375 e. The second kappa shape index (κ2) is 6.37. The Morgan fingerprint density at radius 1 is 1.30 bits per heavy atom. The summed E-state index contributed by atoms with van der Waals surface area (Å²) in [6.45, 7) is 2.21. The van der Waals surface area contributed by atoms with Gasteiger partial charge in [-0.3, -0.25) is 4.90 Å². The molecule has 0 bridgehead atoms. The van der Waals surface area contributed by atoms with E-state index in [2.05, 4.69) is 40.2 Å². The fourth-order valence-electron chi connectivity index (χ4n) is 3.00. The molecule has 0 spiro atoms. The van der Waals surface area contributed by atoms with Gasteiger partial charge in [-0.05, 0) is 37.8 Å². The number of likely N-dealkylation sites (tertiary alicyclic amines) is 1. The third-order valence-electron chi connectivity index (χ3n) is 4.04. The van der Waals surface area contributed by atoms with Crippen LogP contribution in [0.5, 0.6) is 0 Å². The molecule has 2 N–H and O–H groups in total. The second-order valence-corrected chi connectivity index (χ2v) is 6.60. The molecule has 1 aliphatic heterocycles. The Morgan fingerprint density at radius 3 is 2.90 bits per heavy atom. The third-order valence-corrected chi connectivity index (χ3v) is 4.85. The van der Waals surface area contributed by atoms with Crippen LogP contribution in [0.1, 0.15) is 29.7 Å². The first-order valence-electron chi connectivity index (χ1n) is 7.29. The van der Waals surface area contributed by atoms with E-state index in [1.54, 1.807) is 11.3 Å². The highest BCUT2D eigenvalue weighted by atomic mass is 32.1. The maximum absolute atomic E-state index is 5.71. The van der Waals surface area contributed by atoms with E-state index in [0.29, 0.717) is 11.2 Å². The molecular weight excluding hydrogens is 266 g/mol. The standard InChI is InChI=1S/C16H21N3S/c17-16-18-11-15(20-16)12-19-10-4-7-14(19)9-8-13-5-2-1-3-6-13/h1-3,5-6,11,14H,4,7-10,12H2,(H2,17,18). The molecule has 3 rings (SSSR count). The van der Waals surface area contributed by atoms with Crippen LogP contribution in [0.2, 0.25) is 0 Å². The number of thiazole rings is 1. The summed E-state index contributed by atoms with van der Waals surface area (Å²) < 4.78 is 0. The number of nitrogen functional groups attached to an aromatic ring is 1. The summed E-state index contributed by atoms with van der Waals surface area (Å²) in [5.41, 5.74) is 7.16. The molecule has 1 aromatic heterocycles. The third kappa shape index (κ3) is 3.38. The molecule has 0 radical (unpaired) electrons. The van der Waals surface area contributed by atoms with Gasteiger partial charge >= 0.3 is 0 Å². The number of nitrogens with zero attached hydrogens (tertiary/aromatic N) is 2. The van der Waals surface area contributed by atoms with Crippen LogP contribution in [0.15, 0.2) is 36.5 Å². The average molecular weight is 287 g/mol. The van der Waals surface area contributed by atoms with Gasteiger partial charge in [0.1, 0.15) is 0 Å². The number of anilines is 1. The first-order valence-corrected chi connectivity index (χ1v) is 8.11. The van der Waals surface area contributed by atoms with Crippen molar-refractivity contribution in [2.45, 2.75) is 38.3 Å². The van der Waals surface area contributed by atoms with Crippen molar-refractivity contribution < 1.29 is 0 Å². The molecule has 2 aromatic rings. The topological polar surface area (TPSA) is 42.1 Å². The van der Waals surface area contributed by atoms with Gasteiger partial charge in [0, 0.05) is 23.7 Å². The number of nitrogens with two attached hydrogens (primary N) is 1. The highest BCUT2D eigenvalue weighted by Crippen LogP contribution is 2.26. The lowest BCUT2D eigenvalue weighted by Gasteiger charge is -2.23. The van der Waals surface area contributed by atoms with Crippen LogP contribution in [0, 0.1) is 0 Å². The van der Waals surface area contributed by atoms with Crippen LogP contribution in [0.3, 0.4) is 0 Å². The molecule has 106 valence electrons. The predicted molar refractivity (Wildman–Crippen MR) is 84.7 cm³/mol. The first kappa shape index (κ1) is 13.6. The van der Waals surface area contributed by atoms with Crippen LogP contribution < -0.4 is 5.73 Å². The van der Waals surface area contributed by atoms with E-state index < -0.39 is 0 Å². The quantitative estimate of drug-likeness (QED) is 0.917. The highest BCUT2D eigenvalue weighted by Gasteiger charge is 2.24. The van der Waals surface area contributed by atoms with Crippen molar-refractivity contribution in [1.82, 2.24) is 9.88 Å². The van der Waals surface area contributed by atoms with Crippen molar-refractivity contribution in [1.29, 1.82) is 0 Å². The van der Waals surface area contributed by atoms with Crippen molar-refractivity contribution >= 4 is 16.5 Å². The maximum atomic E-state index is 5.71. The van der Waals surface area contributed by atoms with E-state index in [0.717, 1.165) is 6.54 Å². The SMILES string of the molecule is Nc1ncc(CN2CCCC2CCc2ccccc2)s1. The molecule has 0 amide bonds.